The molecule has 0 bridgehead atoms. The molecule has 8 heteroatoms. The van der Waals surface area contributed by atoms with Crippen LogP contribution in [0.4, 0.5) is 0 Å². The van der Waals surface area contributed by atoms with Crippen molar-refractivity contribution in [3.63, 3.8) is 0 Å². The Morgan fingerprint density at radius 2 is 1.91 bits per heavy atom. The summed E-state index contributed by atoms with van der Waals surface area (Å²) in [6, 6.07) is 9.30. The first kappa shape index (κ1) is 15.9. The number of aromatic amines is 1. The van der Waals surface area contributed by atoms with Crippen LogP contribution in [0.1, 0.15) is 11.3 Å². The molecule has 1 aromatic carbocycles. The maximum Gasteiger partial charge on any atom is 0.281 e. The van der Waals surface area contributed by atoms with Crippen LogP contribution in [0.15, 0.2) is 35.1 Å². The van der Waals surface area contributed by atoms with Crippen molar-refractivity contribution in [3.05, 3.63) is 51.9 Å². The van der Waals surface area contributed by atoms with E-state index in [2.05, 4.69) is 9.97 Å². The van der Waals surface area contributed by atoms with Crippen LogP contribution in [0, 0.1) is 0 Å². The number of benzene rings is 1. The summed E-state index contributed by atoms with van der Waals surface area (Å²) in [7, 11) is -0.535. The Morgan fingerprint density at radius 3 is 2.57 bits per heavy atom. The fraction of sp³-hybridized carbons (Fsp3) is 0.333. The molecule has 23 heavy (non-hydrogen) atoms. The molecule has 1 aromatic heterocycles. The Hall–Kier alpha value is -2.03. The van der Waals surface area contributed by atoms with Crippen molar-refractivity contribution in [2.24, 2.45) is 0 Å². The minimum absolute atomic E-state index is 0.111. The number of fused-ring (bicyclic) bond motifs is 1. The minimum atomic E-state index is -3.52. The van der Waals surface area contributed by atoms with E-state index in [1.54, 1.807) is 0 Å². The molecule has 3 rings (SSSR count). The van der Waals surface area contributed by atoms with Gasteiger partial charge in [-0.15, -0.1) is 0 Å². The average Bonchev–Trinajstić information content (AvgIpc) is 2.55. The van der Waals surface area contributed by atoms with Gasteiger partial charge in [0.1, 0.15) is 5.82 Å². The third-order valence-electron chi connectivity index (χ3n) is 3.87. The van der Waals surface area contributed by atoms with Gasteiger partial charge in [0.05, 0.1) is 12.2 Å². The molecule has 1 aliphatic rings. The number of nitrogens with one attached hydrogen (secondary N) is 1. The van der Waals surface area contributed by atoms with E-state index in [1.807, 2.05) is 30.3 Å². The quantitative estimate of drug-likeness (QED) is 0.891. The zero-order valence-corrected chi connectivity index (χ0v) is 13.8. The first-order valence-corrected chi connectivity index (χ1v) is 8.64. The van der Waals surface area contributed by atoms with Crippen molar-refractivity contribution >= 4 is 10.2 Å². The van der Waals surface area contributed by atoms with Gasteiger partial charge in [-0.3, -0.25) is 4.79 Å². The van der Waals surface area contributed by atoms with Gasteiger partial charge in [-0.1, -0.05) is 30.3 Å². The standard InChI is InChI=1S/C15H18N4O3S/c1-18(2)23(21,22)19-9-8-12-13(10-19)16-14(17-15(12)20)11-6-4-3-5-7-11/h3-7H,8-10H2,1-2H3,(H,16,17,20). The molecule has 0 aliphatic carbocycles. The molecule has 0 saturated heterocycles. The van der Waals surface area contributed by atoms with Gasteiger partial charge in [-0.25, -0.2) is 4.98 Å². The second-order valence-electron chi connectivity index (χ2n) is 5.58. The molecule has 0 radical (unpaired) electrons. The molecule has 0 atom stereocenters. The normalized spacial score (nSPS) is 15.6. The number of rotatable bonds is 3. The van der Waals surface area contributed by atoms with Gasteiger partial charge in [-0.2, -0.15) is 17.0 Å². The molecule has 2 heterocycles. The van der Waals surface area contributed by atoms with E-state index in [0.29, 0.717) is 23.5 Å². The maximum atomic E-state index is 12.3. The second kappa shape index (κ2) is 5.88. The highest BCUT2D eigenvalue weighted by molar-refractivity contribution is 7.86. The minimum Gasteiger partial charge on any atom is -0.306 e. The number of H-pyrrole nitrogens is 1. The number of nitrogens with zero attached hydrogens (tertiary/aromatic N) is 3. The number of aromatic nitrogens is 2. The summed E-state index contributed by atoms with van der Waals surface area (Å²) in [4.78, 5) is 19.5. The van der Waals surface area contributed by atoms with E-state index < -0.39 is 10.2 Å². The van der Waals surface area contributed by atoms with Crippen molar-refractivity contribution < 1.29 is 8.42 Å². The van der Waals surface area contributed by atoms with Gasteiger partial charge in [0.25, 0.3) is 15.8 Å². The van der Waals surface area contributed by atoms with Gasteiger partial charge in [0.15, 0.2) is 0 Å². The van der Waals surface area contributed by atoms with Crippen LogP contribution in [0.3, 0.4) is 0 Å². The summed E-state index contributed by atoms with van der Waals surface area (Å²) in [5.41, 5.74) is 1.68. The number of hydrogen-bond donors (Lipinski definition) is 1. The Labute approximate surface area is 134 Å². The van der Waals surface area contributed by atoms with Crippen LogP contribution in [-0.2, 0) is 23.2 Å². The van der Waals surface area contributed by atoms with Gasteiger partial charge in [0.2, 0.25) is 0 Å². The smallest absolute Gasteiger partial charge is 0.281 e. The zero-order valence-electron chi connectivity index (χ0n) is 13.0. The van der Waals surface area contributed by atoms with Crippen LogP contribution in [0.25, 0.3) is 11.4 Å². The Morgan fingerprint density at radius 1 is 1.22 bits per heavy atom. The maximum absolute atomic E-state index is 12.3. The van der Waals surface area contributed by atoms with Crippen LogP contribution in [0.2, 0.25) is 0 Å². The molecular formula is C15H18N4O3S. The Kier molecular flexibility index (Phi) is 4.05. The summed E-state index contributed by atoms with van der Waals surface area (Å²) in [6.07, 6.45) is 0.361. The van der Waals surface area contributed by atoms with Crippen molar-refractivity contribution in [2.75, 3.05) is 20.6 Å². The molecule has 7 nitrogen and oxygen atoms in total. The van der Waals surface area contributed by atoms with Crippen LogP contribution in [-0.4, -0.2) is 47.6 Å². The highest BCUT2D eigenvalue weighted by atomic mass is 32.2. The molecule has 1 N–H and O–H groups in total. The zero-order chi connectivity index (χ0) is 16.6. The second-order valence-corrected chi connectivity index (χ2v) is 7.72. The summed E-state index contributed by atoms with van der Waals surface area (Å²) in [5, 5.41) is 0. The first-order valence-electron chi connectivity index (χ1n) is 7.24. The largest absolute Gasteiger partial charge is 0.306 e. The lowest BCUT2D eigenvalue weighted by Gasteiger charge is -2.29. The van der Waals surface area contributed by atoms with Gasteiger partial charge < -0.3 is 4.98 Å². The molecule has 2 aromatic rings. The van der Waals surface area contributed by atoms with E-state index in [0.717, 1.165) is 5.56 Å². The molecule has 0 saturated carbocycles. The fourth-order valence-electron chi connectivity index (χ4n) is 2.58. The van der Waals surface area contributed by atoms with Crippen molar-refractivity contribution in [2.45, 2.75) is 13.0 Å². The van der Waals surface area contributed by atoms with Crippen molar-refractivity contribution in [3.8, 4) is 11.4 Å². The summed E-state index contributed by atoms with van der Waals surface area (Å²) < 4.78 is 27.1. The lowest BCUT2D eigenvalue weighted by Crippen LogP contribution is -2.44. The summed E-state index contributed by atoms with van der Waals surface area (Å²) >= 11 is 0. The first-order chi connectivity index (χ1) is 10.9. The van der Waals surface area contributed by atoms with Crippen LogP contribution >= 0.6 is 0 Å². The molecule has 0 spiro atoms. The van der Waals surface area contributed by atoms with E-state index in [4.69, 9.17) is 0 Å². The predicted molar refractivity (Wildman–Crippen MR) is 87.0 cm³/mol. The van der Waals surface area contributed by atoms with Crippen LogP contribution in [0.5, 0.6) is 0 Å². The molecule has 122 valence electrons. The number of hydrogen-bond acceptors (Lipinski definition) is 4. The van der Waals surface area contributed by atoms with E-state index >= 15 is 0 Å². The van der Waals surface area contributed by atoms with Crippen molar-refractivity contribution in [1.82, 2.24) is 18.6 Å². The monoisotopic (exact) mass is 334 g/mol. The molecular weight excluding hydrogens is 316 g/mol. The van der Waals surface area contributed by atoms with Crippen LogP contribution < -0.4 is 5.56 Å². The molecule has 1 aliphatic heterocycles. The van der Waals surface area contributed by atoms with Gasteiger partial charge in [0, 0.05) is 31.8 Å². The topological polar surface area (TPSA) is 86.4 Å². The SMILES string of the molecule is CN(C)S(=O)(=O)N1CCc2c(nc(-c3ccccc3)[nH]c2=O)C1. The Bertz CT molecular complexity index is 875. The van der Waals surface area contributed by atoms with E-state index in [-0.39, 0.29) is 18.6 Å². The highest BCUT2D eigenvalue weighted by Crippen LogP contribution is 2.20. The molecule has 0 fully saturated rings. The van der Waals surface area contributed by atoms with E-state index in [9.17, 15) is 13.2 Å². The molecule has 0 amide bonds. The third kappa shape index (κ3) is 2.92. The lowest BCUT2D eigenvalue weighted by atomic mass is 10.1. The lowest BCUT2D eigenvalue weighted by molar-refractivity contribution is 0.353. The predicted octanol–water partition coefficient (Wildman–Crippen LogP) is 0.601. The Balaban J connectivity index is 2.02. The fourth-order valence-corrected chi connectivity index (χ4v) is 3.65. The summed E-state index contributed by atoms with van der Waals surface area (Å²) in [6.45, 7) is 0.391. The highest BCUT2D eigenvalue weighted by Gasteiger charge is 2.30. The molecule has 0 unspecified atom stereocenters. The van der Waals surface area contributed by atoms with Gasteiger partial charge in [-0.05, 0) is 6.42 Å². The summed E-state index contributed by atoms with van der Waals surface area (Å²) in [5.74, 6) is 0.457. The van der Waals surface area contributed by atoms with E-state index in [1.165, 1.54) is 22.7 Å². The van der Waals surface area contributed by atoms with Crippen molar-refractivity contribution in [1.29, 1.82) is 0 Å². The third-order valence-corrected chi connectivity index (χ3v) is 5.76. The average molecular weight is 334 g/mol. The van der Waals surface area contributed by atoms with Gasteiger partial charge >= 0.3 is 0 Å².